The van der Waals surface area contributed by atoms with E-state index in [9.17, 15) is 27.9 Å². The predicted octanol–water partition coefficient (Wildman–Crippen LogP) is 9.35. The van der Waals surface area contributed by atoms with Crippen LogP contribution in [0.15, 0.2) is 107 Å². The van der Waals surface area contributed by atoms with Crippen LogP contribution in [0.3, 0.4) is 0 Å². The second-order valence-electron chi connectivity index (χ2n) is 12.2. The summed E-state index contributed by atoms with van der Waals surface area (Å²) in [5.74, 6) is -1.84. The lowest BCUT2D eigenvalue weighted by Gasteiger charge is -2.28. The molecular weight excluding hydrogens is 687 g/mol. The van der Waals surface area contributed by atoms with Crippen LogP contribution in [0.2, 0.25) is 0 Å². The maximum atomic E-state index is 16.1. The van der Waals surface area contributed by atoms with Crippen molar-refractivity contribution < 1.29 is 36.6 Å². The normalized spacial score (nSPS) is 14.7. The highest BCUT2D eigenvalue weighted by Gasteiger charge is 2.38. The number of aliphatic carboxylic acids is 1. The summed E-state index contributed by atoms with van der Waals surface area (Å²) in [6.45, 7) is 1.84. The number of pyridine rings is 1. The van der Waals surface area contributed by atoms with Gasteiger partial charge >= 0.3 is 12.1 Å². The van der Waals surface area contributed by atoms with Crippen LogP contribution >= 0.6 is 11.8 Å². The molecule has 4 aromatic carbocycles. The van der Waals surface area contributed by atoms with Gasteiger partial charge in [-0.3, -0.25) is 14.2 Å². The number of hydrogen-bond donors (Lipinski definition) is 2. The smallest absolute Gasteiger partial charge is 0.416 e. The highest BCUT2D eigenvalue weighted by atomic mass is 32.2. The molecule has 0 saturated carbocycles. The molecule has 6 rings (SSSR count). The van der Waals surface area contributed by atoms with Crippen molar-refractivity contribution in [2.45, 2.75) is 49.5 Å². The number of rotatable bonds is 12. The largest absolute Gasteiger partial charge is 0.481 e. The van der Waals surface area contributed by atoms with E-state index in [0.29, 0.717) is 29.5 Å². The molecule has 0 bridgehead atoms. The van der Waals surface area contributed by atoms with Crippen LogP contribution in [0.4, 0.5) is 22.0 Å². The summed E-state index contributed by atoms with van der Waals surface area (Å²) in [5.41, 5.74) is -1.12. The predicted molar refractivity (Wildman–Crippen MR) is 185 cm³/mol. The maximum Gasteiger partial charge on any atom is 0.416 e. The number of fused-ring (bicyclic) bond motifs is 1. The number of alkyl halides is 3. The molecule has 1 aliphatic rings. The van der Waals surface area contributed by atoms with Crippen LogP contribution in [0.5, 0.6) is 11.5 Å². The van der Waals surface area contributed by atoms with Gasteiger partial charge in [0, 0.05) is 35.8 Å². The highest BCUT2D eigenvalue weighted by molar-refractivity contribution is 7.99. The zero-order chi connectivity index (χ0) is 36.3. The number of carboxylic acid groups (broad SMARTS) is 1. The fourth-order valence-electron chi connectivity index (χ4n) is 6.50. The molecule has 51 heavy (non-hydrogen) atoms. The number of benzene rings is 4. The van der Waals surface area contributed by atoms with E-state index in [2.05, 4.69) is 5.32 Å². The molecule has 1 aromatic heterocycles. The molecule has 0 radical (unpaired) electrons. The number of carboxylic acids is 1. The Morgan fingerprint density at radius 2 is 1.65 bits per heavy atom. The van der Waals surface area contributed by atoms with E-state index in [1.54, 1.807) is 37.3 Å². The maximum absolute atomic E-state index is 16.1. The van der Waals surface area contributed by atoms with Crippen LogP contribution < -0.4 is 15.6 Å². The third-order valence-corrected chi connectivity index (χ3v) is 10.1. The van der Waals surface area contributed by atoms with E-state index in [4.69, 9.17) is 4.74 Å². The molecule has 2 unspecified atom stereocenters. The minimum atomic E-state index is -4.85. The van der Waals surface area contributed by atoms with E-state index in [-0.39, 0.29) is 34.4 Å². The van der Waals surface area contributed by atoms with Gasteiger partial charge in [0.1, 0.15) is 23.1 Å². The molecule has 0 saturated heterocycles. The number of ether oxygens (including phenoxy) is 1. The van der Waals surface area contributed by atoms with Gasteiger partial charge in [-0.2, -0.15) is 13.2 Å². The molecule has 6 nitrogen and oxygen atoms in total. The van der Waals surface area contributed by atoms with Gasteiger partial charge in [-0.25, -0.2) is 8.78 Å². The molecule has 0 spiro atoms. The SMILES string of the molecule is Cc1c(Cc2c(F)cccc2C(F)(F)F)c2n(c(=O)c1-c1ccc(Oc3ccccc3)cc1F)C(C(NCCCC(=O)O)c1ccccc1)CS2. The zero-order valence-electron chi connectivity index (χ0n) is 27.3. The summed E-state index contributed by atoms with van der Waals surface area (Å²) in [6, 6.07) is 23.6. The molecular formula is C39H33F5N2O4S. The first-order valence-electron chi connectivity index (χ1n) is 16.2. The molecule has 12 heteroatoms. The molecule has 0 aliphatic carbocycles. The van der Waals surface area contributed by atoms with Crippen molar-refractivity contribution in [2.75, 3.05) is 12.3 Å². The van der Waals surface area contributed by atoms with Crippen molar-refractivity contribution in [3.05, 3.63) is 147 Å². The average molecular weight is 721 g/mol. The van der Waals surface area contributed by atoms with Gasteiger partial charge in [-0.1, -0.05) is 54.6 Å². The Labute approximate surface area is 294 Å². The molecule has 2 heterocycles. The number of hydrogen-bond acceptors (Lipinski definition) is 5. The minimum absolute atomic E-state index is 0.0624. The van der Waals surface area contributed by atoms with Crippen molar-refractivity contribution in [2.24, 2.45) is 0 Å². The van der Waals surface area contributed by atoms with Crippen molar-refractivity contribution in [3.63, 3.8) is 0 Å². The van der Waals surface area contributed by atoms with Crippen LogP contribution in [0.1, 0.15) is 52.7 Å². The van der Waals surface area contributed by atoms with Crippen molar-refractivity contribution in [1.29, 1.82) is 0 Å². The molecule has 2 atom stereocenters. The van der Waals surface area contributed by atoms with Gasteiger partial charge in [0.25, 0.3) is 5.56 Å². The first-order valence-corrected chi connectivity index (χ1v) is 17.2. The number of para-hydroxylation sites is 1. The summed E-state index contributed by atoms with van der Waals surface area (Å²) in [5, 5.41) is 12.9. The summed E-state index contributed by atoms with van der Waals surface area (Å²) >= 11 is 1.26. The Bertz CT molecular complexity index is 2110. The van der Waals surface area contributed by atoms with Gasteiger partial charge in [0.2, 0.25) is 0 Å². The molecule has 0 fully saturated rings. The molecule has 5 aromatic rings. The third kappa shape index (κ3) is 7.72. The van der Waals surface area contributed by atoms with Gasteiger partial charge in [0.15, 0.2) is 0 Å². The van der Waals surface area contributed by atoms with Crippen molar-refractivity contribution in [1.82, 2.24) is 9.88 Å². The summed E-state index contributed by atoms with van der Waals surface area (Å²) < 4.78 is 81.2. The molecule has 264 valence electrons. The van der Waals surface area contributed by atoms with E-state index < -0.39 is 59.0 Å². The van der Waals surface area contributed by atoms with Crippen LogP contribution in [-0.4, -0.2) is 27.9 Å². The number of nitrogens with zero attached hydrogens (tertiary/aromatic N) is 1. The lowest BCUT2D eigenvalue weighted by molar-refractivity contribution is -0.138. The van der Waals surface area contributed by atoms with Gasteiger partial charge in [-0.05, 0) is 73.0 Å². The van der Waals surface area contributed by atoms with Crippen LogP contribution in [-0.2, 0) is 17.4 Å². The van der Waals surface area contributed by atoms with Crippen molar-refractivity contribution in [3.8, 4) is 22.6 Å². The van der Waals surface area contributed by atoms with Gasteiger partial charge < -0.3 is 15.2 Å². The van der Waals surface area contributed by atoms with Crippen LogP contribution in [0.25, 0.3) is 11.1 Å². The second-order valence-corrected chi connectivity index (χ2v) is 13.2. The first-order chi connectivity index (χ1) is 24.4. The Morgan fingerprint density at radius 3 is 2.31 bits per heavy atom. The first kappa shape index (κ1) is 35.9. The lowest BCUT2D eigenvalue weighted by Crippen LogP contribution is -2.36. The second kappa shape index (κ2) is 15.1. The zero-order valence-corrected chi connectivity index (χ0v) is 28.2. The Hall–Kier alpha value is -4.94. The summed E-state index contributed by atoms with van der Waals surface area (Å²) in [4.78, 5) is 25.9. The Morgan fingerprint density at radius 1 is 0.941 bits per heavy atom. The number of aromatic nitrogens is 1. The van der Waals surface area contributed by atoms with E-state index in [1.807, 2.05) is 30.3 Å². The number of nitrogens with one attached hydrogen (secondary N) is 1. The minimum Gasteiger partial charge on any atom is -0.481 e. The quantitative estimate of drug-likeness (QED) is 0.0988. The standard InChI is InChI=1S/C39H33F5N2O4S/c1-23-28(21-29-30(39(42,43)44)14-8-15-31(29)40)38-46(33(22-51-38)36(24-10-4-2-5-11-24)45-19-9-16-34(47)48)37(49)35(23)27-18-17-26(20-32(27)41)50-25-12-6-3-7-13-25/h2-8,10-15,17-18,20,33,36,45H,9,16,19,21-22H2,1H3,(H,47,48). The van der Waals surface area contributed by atoms with Crippen LogP contribution in [0, 0.1) is 18.6 Å². The highest BCUT2D eigenvalue weighted by Crippen LogP contribution is 2.45. The number of carbonyl (C=O) groups is 1. The number of thioether (sulfide) groups is 1. The fraction of sp³-hybridized carbons (Fsp3) is 0.231. The summed E-state index contributed by atoms with van der Waals surface area (Å²) in [6.07, 6.45) is -5.13. The Balaban J connectivity index is 1.52. The van der Waals surface area contributed by atoms with E-state index >= 15 is 8.78 Å². The van der Waals surface area contributed by atoms with E-state index in [1.165, 1.54) is 28.5 Å². The molecule has 0 amide bonds. The third-order valence-electron chi connectivity index (χ3n) is 8.90. The number of halogens is 5. The lowest BCUT2D eigenvalue weighted by atomic mass is 9.91. The van der Waals surface area contributed by atoms with Gasteiger partial charge in [0.05, 0.1) is 28.2 Å². The monoisotopic (exact) mass is 720 g/mol. The fourth-order valence-corrected chi connectivity index (χ4v) is 7.93. The Kier molecular flexibility index (Phi) is 10.6. The van der Waals surface area contributed by atoms with Crippen molar-refractivity contribution >= 4 is 17.7 Å². The average Bonchev–Trinajstić information content (AvgIpc) is 3.53. The molecule has 1 aliphatic heterocycles. The summed E-state index contributed by atoms with van der Waals surface area (Å²) in [7, 11) is 0. The van der Waals surface area contributed by atoms with Gasteiger partial charge in [-0.15, -0.1) is 11.8 Å². The van der Waals surface area contributed by atoms with E-state index in [0.717, 1.165) is 29.8 Å². The molecule has 2 N–H and O–H groups in total. The topological polar surface area (TPSA) is 80.6 Å².